The second-order valence-corrected chi connectivity index (χ2v) is 12.2. The highest BCUT2D eigenvalue weighted by molar-refractivity contribution is 7.80. The average Bonchev–Trinajstić information content (AvgIpc) is 3.41. The highest BCUT2D eigenvalue weighted by Crippen LogP contribution is 2.30. The summed E-state index contributed by atoms with van der Waals surface area (Å²) in [4.78, 5) is 36.3. The van der Waals surface area contributed by atoms with Gasteiger partial charge in [0, 0.05) is 42.8 Å². The quantitative estimate of drug-likeness (QED) is 0.248. The Morgan fingerprint density at radius 3 is 2.38 bits per heavy atom. The number of likely N-dealkylation sites (tertiary alicyclic amines) is 1. The van der Waals surface area contributed by atoms with Crippen molar-refractivity contribution in [2.75, 3.05) is 13.1 Å². The van der Waals surface area contributed by atoms with Crippen molar-refractivity contribution >= 4 is 17.2 Å². The van der Waals surface area contributed by atoms with E-state index in [2.05, 4.69) is 35.8 Å². The van der Waals surface area contributed by atoms with Gasteiger partial charge in [0.25, 0.3) is 5.56 Å². The first-order valence-electron chi connectivity index (χ1n) is 14.8. The molecular formula is C33H39N5O3S. The minimum atomic E-state index is -0.591. The molecular weight excluding hydrogens is 546 g/mol. The second kappa shape index (κ2) is 13.0. The number of thiocarbonyl (C=S) groups is 1. The van der Waals surface area contributed by atoms with Crippen LogP contribution in [-0.2, 0) is 19.4 Å². The lowest BCUT2D eigenvalue weighted by Crippen LogP contribution is -2.43. The van der Waals surface area contributed by atoms with E-state index in [1.54, 1.807) is 0 Å². The van der Waals surface area contributed by atoms with Gasteiger partial charge in [0.05, 0.1) is 11.5 Å². The largest absolute Gasteiger partial charge is 0.439 e. The van der Waals surface area contributed by atoms with E-state index in [4.69, 9.17) is 21.7 Å². The Labute approximate surface area is 251 Å². The molecule has 42 heavy (non-hydrogen) atoms. The van der Waals surface area contributed by atoms with Crippen LogP contribution >= 0.6 is 12.2 Å². The lowest BCUT2D eigenvalue weighted by Gasteiger charge is -2.36. The molecule has 2 aromatic carbocycles. The molecule has 9 heteroatoms. The van der Waals surface area contributed by atoms with Gasteiger partial charge in [-0.3, -0.25) is 18.9 Å². The van der Waals surface area contributed by atoms with Crippen molar-refractivity contribution in [3.63, 3.8) is 0 Å². The van der Waals surface area contributed by atoms with Crippen molar-refractivity contribution < 1.29 is 4.52 Å². The lowest BCUT2D eigenvalue weighted by atomic mass is 9.91. The van der Waals surface area contributed by atoms with Crippen LogP contribution in [0.2, 0.25) is 0 Å². The summed E-state index contributed by atoms with van der Waals surface area (Å²) < 4.78 is 6.56. The summed E-state index contributed by atoms with van der Waals surface area (Å²) >= 11 is 5.89. The molecule has 0 amide bonds. The van der Waals surface area contributed by atoms with Gasteiger partial charge >= 0.3 is 5.76 Å². The van der Waals surface area contributed by atoms with E-state index in [1.807, 2.05) is 60.0 Å². The molecule has 2 aromatic heterocycles. The maximum atomic E-state index is 14.0. The molecule has 8 nitrogen and oxygen atoms in total. The topological polar surface area (TPSA) is 97.0 Å². The van der Waals surface area contributed by atoms with Crippen molar-refractivity contribution in [1.82, 2.24) is 24.6 Å². The number of rotatable bonds is 9. The first kappa shape index (κ1) is 29.6. The van der Waals surface area contributed by atoms with E-state index in [0.29, 0.717) is 36.2 Å². The minimum Gasteiger partial charge on any atom is -0.365 e. The highest BCUT2D eigenvalue weighted by atomic mass is 32.1. The standard InChI is InChI=1S/C33H39N5O3S/c1-5-6-11-29-34-23(4)28(17-30(42)37-18-21(2)16-22(3)19-37)32(39)38(29)20-24-12-14-25(15-13-24)26-9-7-8-10-27(26)31-35-33(40)41-36-31/h7-10,12-15,21-22H,5-6,11,16-20H2,1-4H3,(H,35,36,40). The van der Waals surface area contributed by atoms with E-state index < -0.39 is 5.76 Å². The van der Waals surface area contributed by atoms with Gasteiger partial charge in [-0.15, -0.1) is 0 Å². The van der Waals surface area contributed by atoms with Crippen LogP contribution in [0.15, 0.2) is 62.6 Å². The summed E-state index contributed by atoms with van der Waals surface area (Å²) in [5, 5.41) is 3.86. The van der Waals surface area contributed by atoms with Gasteiger partial charge in [-0.25, -0.2) is 9.78 Å². The van der Waals surface area contributed by atoms with Crippen LogP contribution in [0.5, 0.6) is 0 Å². The predicted molar refractivity (Wildman–Crippen MR) is 170 cm³/mol. The van der Waals surface area contributed by atoms with Gasteiger partial charge in [0.15, 0.2) is 5.82 Å². The Balaban J connectivity index is 1.43. The molecule has 0 aliphatic carbocycles. The number of unbranched alkanes of at least 4 members (excludes halogenated alkanes) is 1. The maximum absolute atomic E-state index is 14.0. The van der Waals surface area contributed by atoms with Gasteiger partial charge in [-0.2, -0.15) is 0 Å². The summed E-state index contributed by atoms with van der Waals surface area (Å²) in [5.74, 6) is 1.79. The molecule has 5 rings (SSSR count). The molecule has 0 bridgehead atoms. The first-order valence-corrected chi connectivity index (χ1v) is 15.3. The molecule has 1 aliphatic heterocycles. The van der Waals surface area contributed by atoms with Gasteiger partial charge in [-0.05, 0) is 48.3 Å². The molecule has 3 heterocycles. The SMILES string of the molecule is CCCCc1nc(C)c(CC(=S)N2CC(C)CC(C)C2)c(=O)n1Cc1ccc(-c2ccccc2-c2noc(=O)[nH]2)cc1. The number of aromatic nitrogens is 4. The van der Waals surface area contributed by atoms with Crippen molar-refractivity contribution in [3.05, 3.63) is 92.1 Å². The summed E-state index contributed by atoms with van der Waals surface area (Å²) in [5.41, 5.74) is 5.13. The Morgan fingerprint density at radius 1 is 1.05 bits per heavy atom. The number of aryl methyl sites for hydroxylation is 2. The fraction of sp³-hybridized carbons (Fsp3) is 0.424. The normalized spacial score (nSPS) is 17.0. The van der Waals surface area contributed by atoms with E-state index >= 15 is 0 Å². The van der Waals surface area contributed by atoms with Gasteiger partial charge in [0.1, 0.15) is 5.82 Å². The van der Waals surface area contributed by atoms with Crippen molar-refractivity contribution in [2.45, 2.75) is 66.3 Å². The van der Waals surface area contributed by atoms with Crippen LogP contribution in [0.1, 0.15) is 62.7 Å². The van der Waals surface area contributed by atoms with Crippen molar-refractivity contribution in [3.8, 4) is 22.5 Å². The highest BCUT2D eigenvalue weighted by Gasteiger charge is 2.25. The zero-order valence-corrected chi connectivity index (χ0v) is 25.7. The van der Waals surface area contributed by atoms with Crippen LogP contribution < -0.4 is 11.3 Å². The van der Waals surface area contributed by atoms with Crippen LogP contribution in [0.25, 0.3) is 22.5 Å². The first-order chi connectivity index (χ1) is 20.2. The maximum Gasteiger partial charge on any atom is 0.439 e. The summed E-state index contributed by atoms with van der Waals surface area (Å²) in [6.07, 6.45) is 4.40. The molecule has 2 unspecified atom stereocenters. The summed E-state index contributed by atoms with van der Waals surface area (Å²) in [6, 6.07) is 15.8. The van der Waals surface area contributed by atoms with E-state index in [1.165, 1.54) is 6.42 Å². The summed E-state index contributed by atoms with van der Waals surface area (Å²) in [6.45, 7) is 10.9. The van der Waals surface area contributed by atoms with Crippen molar-refractivity contribution in [2.24, 2.45) is 11.8 Å². The second-order valence-electron chi connectivity index (χ2n) is 11.7. The molecule has 0 saturated carbocycles. The van der Waals surface area contributed by atoms with Crippen molar-refractivity contribution in [1.29, 1.82) is 0 Å². The Kier molecular flexibility index (Phi) is 9.16. The molecule has 2 atom stereocenters. The van der Waals surface area contributed by atoms with Crippen LogP contribution in [0.4, 0.5) is 0 Å². The van der Waals surface area contributed by atoms with E-state index in [9.17, 15) is 9.59 Å². The van der Waals surface area contributed by atoms with Gasteiger partial charge < -0.3 is 4.90 Å². The summed E-state index contributed by atoms with van der Waals surface area (Å²) in [7, 11) is 0. The number of hydrogen-bond donors (Lipinski definition) is 1. The molecule has 220 valence electrons. The molecule has 1 saturated heterocycles. The Bertz CT molecular complexity index is 1660. The molecule has 1 N–H and O–H groups in total. The number of aromatic amines is 1. The molecule has 4 aromatic rings. The molecule has 1 aliphatic rings. The van der Waals surface area contributed by atoms with Crippen LogP contribution in [-0.4, -0.2) is 42.7 Å². The fourth-order valence-electron chi connectivity index (χ4n) is 6.04. The third-order valence-corrected chi connectivity index (χ3v) is 8.48. The van der Waals surface area contributed by atoms with Crippen LogP contribution in [0, 0.1) is 18.8 Å². The number of nitrogens with zero attached hydrogens (tertiary/aromatic N) is 4. The molecule has 0 spiro atoms. The number of H-pyrrole nitrogens is 1. The number of hydrogen-bond acceptors (Lipinski definition) is 6. The molecule has 0 radical (unpaired) electrons. The number of benzene rings is 2. The number of nitrogens with one attached hydrogen (secondary N) is 1. The van der Waals surface area contributed by atoms with Gasteiger partial charge in [0.2, 0.25) is 0 Å². The number of piperidine rings is 1. The Morgan fingerprint density at radius 2 is 1.74 bits per heavy atom. The third kappa shape index (κ3) is 6.62. The monoisotopic (exact) mass is 585 g/mol. The smallest absolute Gasteiger partial charge is 0.365 e. The average molecular weight is 586 g/mol. The predicted octanol–water partition coefficient (Wildman–Crippen LogP) is 5.80. The zero-order chi connectivity index (χ0) is 29.8. The molecule has 1 fully saturated rings. The minimum absolute atomic E-state index is 0.00142. The third-order valence-electron chi connectivity index (χ3n) is 8.08. The van der Waals surface area contributed by atoms with E-state index in [-0.39, 0.29) is 5.56 Å². The van der Waals surface area contributed by atoms with Crippen LogP contribution in [0.3, 0.4) is 0 Å². The Hall–Kier alpha value is -3.85. The fourth-order valence-corrected chi connectivity index (χ4v) is 6.33. The lowest BCUT2D eigenvalue weighted by molar-refractivity contribution is 0.214. The zero-order valence-electron chi connectivity index (χ0n) is 24.9. The van der Waals surface area contributed by atoms with E-state index in [0.717, 1.165) is 71.1 Å². The van der Waals surface area contributed by atoms with Gasteiger partial charge in [-0.1, -0.05) is 93.1 Å².